The lowest BCUT2D eigenvalue weighted by molar-refractivity contribution is 0.140. The maximum absolute atomic E-state index is 13.4. The highest BCUT2D eigenvalue weighted by atomic mass is 19.1. The van der Waals surface area contributed by atoms with E-state index in [0.29, 0.717) is 31.5 Å². The Bertz CT molecular complexity index is 702. The fourth-order valence-corrected chi connectivity index (χ4v) is 3.55. The monoisotopic (exact) mass is 345 g/mol. The molecule has 0 saturated carbocycles. The number of urea groups is 1. The molecule has 0 unspecified atom stereocenters. The van der Waals surface area contributed by atoms with Crippen LogP contribution < -0.4 is 0 Å². The number of carbonyl (C=O) groups is 1. The van der Waals surface area contributed by atoms with Crippen molar-refractivity contribution in [2.45, 2.75) is 32.1 Å². The Balaban J connectivity index is 1.72. The van der Waals surface area contributed by atoms with Crippen LogP contribution in [0.5, 0.6) is 0 Å². The highest BCUT2D eigenvalue weighted by Crippen LogP contribution is 2.28. The number of likely N-dealkylation sites (tertiary alicyclic amines) is 2. The van der Waals surface area contributed by atoms with Crippen LogP contribution in [-0.4, -0.2) is 42.0 Å². The third kappa shape index (κ3) is 3.98. The van der Waals surface area contributed by atoms with E-state index in [4.69, 9.17) is 0 Å². The first-order chi connectivity index (χ1) is 12.1. The summed E-state index contributed by atoms with van der Waals surface area (Å²) in [5.74, 6) is -1.39. The van der Waals surface area contributed by atoms with Gasteiger partial charge in [-0.3, -0.25) is 0 Å². The predicted molar refractivity (Wildman–Crippen MR) is 90.5 cm³/mol. The molecule has 0 N–H and O–H groups in total. The Morgan fingerprint density at radius 1 is 0.920 bits per heavy atom. The molecule has 4 nitrogen and oxygen atoms in total. The van der Waals surface area contributed by atoms with Crippen molar-refractivity contribution in [3.63, 3.8) is 0 Å². The van der Waals surface area contributed by atoms with E-state index in [-0.39, 0.29) is 11.6 Å². The SMILES string of the molecule is N#CC(=C1CCN(C(=O)N2CCCCC2)CC1)c1cc(F)cc(F)c1. The maximum Gasteiger partial charge on any atom is 0.320 e. The number of rotatable bonds is 1. The molecule has 0 atom stereocenters. The van der Waals surface area contributed by atoms with Crippen molar-refractivity contribution in [1.82, 2.24) is 9.80 Å². The van der Waals surface area contributed by atoms with Crippen LogP contribution >= 0.6 is 0 Å². The second-order valence-corrected chi connectivity index (χ2v) is 6.57. The Hall–Kier alpha value is -2.42. The van der Waals surface area contributed by atoms with Crippen LogP contribution in [0.15, 0.2) is 23.8 Å². The molecule has 2 heterocycles. The molecule has 0 radical (unpaired) electrons. The number of nitrogens with zero attached hydrogens (tertiary/aromatic N) is 3. The van der Waals surface area contributed by atoms with Crippen LogP contribution in [0.25, 0.3) is 5.57 Å². The lowest BCUT2D eigenvalue weighted by atomic mass is 9.94. The van der Waals surface area contributed by atoms with Gasteiger partial charge in [0.1, 0.15) is 11.6 Å². The minimum atomic E-state index is -0.693. The van der Waals surface area contributed by atoms with Gasteiger partial charge in [0.05, 0.1) is 11.6 Å². The van der Waals surface area contributed by atoms with Crippen LogP contribution in [0.4, 0.5) is 13.6 Å². The average Bonchev–Trinajstić information content (AvgIpc) is 2.62. The number of benzene rings is 1. The average molecular weight is 345 g/mol. The second kappa shape index (κ2) is 7.64. The van der Waals surface area contributed by atoms with Crippen molar-refractivity contribution < 1.29 is 13.6 Å². The summed E-state index contributed by atoms with van der Waals surface area (Å²) in [5, 5.41) is 9.45. The highest BCUT2D eigenvalue weighted by Gasteiger charge is 2.26. The van der Waals surface area contributed by atoms with Crippen LogP contribution in [-0.2, 0) is 0 Å². The summed E-state index contributed by atoms with van der Waals surface area (Å²) in [5.41, 5.74) is 1.45. The molecular weight excluding hydrogens is 324 g/mol. The number of hydrogen-bond donors (Lipinski definition) is 0. The third-order valence-corrected chi connectivity index (χ3v) is 4.88. The molecule has 2 fully saturated rings. The summed E-state index contributed by atoms with van der Waals surface area (Å²) in [4.78, 5) is 16.2. The van der Waals surface area contributed by atoms with E-state index in [9.17, 15) is 18.8 Å². The molecule has 0 aromatic heterocycles. The lowest BCUT2D eigenvalue weighted by Gasteiger charge is -2.35. The number of carbonyl (C=O) groups excluding carboxylic acids is 1. The summed E-state index contributed by atoms with van der Waals surface area (Å²) >= 11 is 0. The summed E-state index contributed by atoms with van der Waals surface area (Å²) in [6, 6.07) is 5.30. The quantitative estimate of drug-likeness (QED) is 0.724. The number of hydrogen-bond acceptors (Lipinski definition) is 2. The molecule has 6 heteroatoms. The van der Waals surface area contributed by atoms with E-state index in [1.165, 1.54) is 18.6 Å². The molecule has 3 rings (SSSR count). The Morgan fingerprint density at radius 3 is 2.04 bits per heavy atom. The molecule has 0 spiro atoms. The molecule has 25 heavy (non-hydrogen) atoms. The van der Waals surface area contributed by atoms with Crippen LogP contribution in [0.2, 0.25) is 0 Å². The largest absolute Gasteiger partial charge is 0.325 e. The molecule has 2 saturated heterocycles. The molecule has 2 aliphatic heterocycles. The Morgan fingerprint density at radius 2 is 1.48 bits per heavy atom. The summed E-state index contributed by atoms with van der Waals surface area (Å²) in [6.45, 7) is 2.69. The van der Waals surface area contributed by atoms with Gasteiger partial charge in [0.2, 0.25) is 0 Å². The fraction of sp³-hybridized carbons (Fsp3) is 0.474. The van der Waals surface area contributed by atoms with Gasteiger partial charge in [0.15, 0.2) is 0 Å². The molecule has 1 aromatic rings. The van der Waals surface area contributed by atoms with E-state index >= 15 is 0 Å². The minimum absolute atomic E-state index is 0.0639. The highest BCUT2D eigenvalue weighted by molar-refractivity contribution is 5.80. The number of piperidine rings is 2. The van der Waals surface area contributed by atoms with Crippen molar-refractivity contribution in [2.24, 2.45) is 0 Å². The summed E-state index contributed by atoms with van der Waals surface area (Å²) < 4.78 is 26.9. The fourth-order valence-electron chi connectivity index (χ4n) is 3.55. The number of allylic oxidation sites excluding steroid dienone is 1. The van der Waals surface area contributed by atoms with E-state index in [2.05, 4.69) is 6.07 Å². The topological polar surface area (TPSA) is 47.3 Å². The van der Waals surface area contributed by atoms with Crippen LogP contribution in [0.3, 0.4) is 0 Å². The second-order valence-electron chi connectivity index (χ2n) is 6.57. The Kier molecular flexibility index (Phi) is 5.32. The van der Waals surface area contributed by atoms with Gasteiger partial charge in [-0.1, -0.05) is 0 Å². The van der Waals surface area contributed by atoms with E-state index < -0.39 is 11.6 Å². The normalized spacial score (nSPS) is 18.0. The first-order valence-electron chi connectivity index (χ1n) is 8.71. The predicted octanol–water partition coefficient (Wildman–Crippen LogP) is 3.94. The molecule has 0 bridgehead atoms. The summed E-state index contributed by atoms with van der Waals surface area (Å²) in [7, 11) is 0. The molecule has 132 valence electrons. The van der Waals surface area contributed by atoms with Crippen LogP contribution in [0, 0.1) is 23.0 Å². The standard InChI is InChI=1S/C19H21F2N3O/c20-16-10-15(11-17(21)12-16)18(13-22)14-4-8-24(9-5-14)19(25)23-6-2-1-3-7-23/h10-12H,1-9H2. The van der Waals surface area contributed by atoms with Crippen molar-refractivity contribution >= 4 is 11.6 Å². The van der Waals surface area contributed by atoms with E-state index in [0.717, 1.165) is 37.6 Å². The van der Waals surface area contributed by atoms with Crippen LogP contribution in [0.1, 0.15) is 37.7 Å². The molecule has 2 amide bonds. The maximum atomic E-state index is 13.4. The number of nitriles is 1. The van der Waals surface area contributed by atoms with Crippen molar-refractivity contribution in [2.75, 3.05) is 26.2 Å². The first kappa shape index (κ1) is 17.4. The lowest BCUT2D eigenvalue weighted by Crippen LogP contribution is -2.47. The third-order valence-electron chi connectivity index (χ3n) is 4.88. The van der Waals surface area contributed by atoms with Gasteiger partial charge in [-0.25, -0.2) is 13.6 Å². The zero-order valence-corrected chi connectivity index (χ0v) is 14.1. The molecule has 2 aliphatic rings. The zero-order valence-electron chi connectivity index (χ0n) is 14.1. The van der Waals surface area contributed by atoms with Crippen molar-refractivity contribution in [3.05, 3.63) is 41.0 Å². The van der Waals surface area contributed by atoms with Gasteiger partial charge in [0, 0.05) is 32.2 Å². The zero-order chi connectivity index (χ0) is 17.8. The summed E-state index contributed by atoms with van der Waals surface area (Å²) in [6.07, 6.45) is 4.39. The minimum Gasteiger partial charge on any atom is -0.325 e. The number of amides is 2. The van der Waals surface area contributed by atoms with E-state index in [1.807, 2.05) is 9.80 Å². The van der Waals surface area contributed by atoms with Crippen molar-refractivity contribution in [3.8, 4) is 6.07 Å². The van der Waals surface area contributed by atoms with Gasteiger partial charge in [-0.05, 0) is 55.4 Å². The van der Waals surface area contributed by atoms with Gasteiger partial charge in [-0.2, -0.15) is 5.26 Å². The van der Waals surface area contributed by atoms with Gasteiger partial charge >= 0.3 is 6.03 Å². The Labute approximate surface area is 146 Å². The smallest absolute Gasteiger partial charge is 0.320 e. The molecule has 0 aliphatic carbocycles. The molecular formula is C19H21F2N3O. The van der Waals surface area contributed by atoms with Gasteiger partial charge in [0.25, 0.3) is 0 Å². The van der Waals surface area contributed by atoms with Crippen molar-refractivity contribution in [1.29, 1.82) is 5.26 Å². The van der Waals surface area contributed by atoms with E-state index in [1.54, 1.807) is 0 Å². The van der Waals surface area contributed by atoms with Gasteiger partial charge in [-0.15, -0.1) is 0 Å². The number of halogens is 2. The molecule has 1 aromatic carbocycles. The first-order valence-corrected chi connectivity index (χ1v) is 8.71. The van der Waals surface area contributed by atoms with Gasteiger partial charge < -0.3 is 9.80 Å².